The number of rotatable bonds is 7. The maximum atomic E-state index is 12.6. The van der Waals surface area contributed by atoms with Gasteiger partial charge in [-0.15, -0.1) is 0 Å². The summed E-state index contributed by atoms with van der Waals surface area (Å²) in [6.07, 6.45) is 2.09. The van der Waals surface area contributed by atoms with E-state index in [9.17, 15) is 13.2 Å². The van der Waals surface area contributed by atoms with Gasteiger partial charge in [-0.05, 0) is 43.8 Å². The van der Waals surface area contributed by atoms with E-state index >= 15 is 0 Å². The minimum atomic E-state index is -3.46. The van der Waals surface area contributed by atoms with Crippen molar-refractivity contribution in [2.75, 3.05) is 26.9 Å². The second kappa shape index (κ2) is 8.47. The lowest BCUT2D eigenvalue weighted by Crippen LogP contribution is -2.35. The van der Waals surface area contributed by atoms with E-state index in [4.69, 9.17) is 0 Å². The molecule has 140 valence electrons. The molecular formula is C20H26N2O3S. The molecule has 1 amide bonds. The number of aryl methyl sites for hydroxylation is 1. The third-order valence-corrected chi connectivity index (χ3v) is 5.54. The van der Waals surface area contributed by atoms with Gasteiger partial charge in [-0.2, -0.15) is 0 Å². The average Bonchev–Trinajstić information content (AvgIpc) is 2.61. The highest BCUT2D eigenvalue weighted by molar-refractivity contribution is 7.90. The van der Waals surface area contributed by atoms with Gasteiger partial charge in [0.2, 0.25) is 0 Å². The fourth-order valence-corrected chi connectivity index (χ4v) is 3.72. The second-order valence-corrected chi connectivity index (χ2v) is 8.54. The van der Waals surface area contributed by atoms with Crippen molar-refractivity contribution in [1.82, 2.24) is 10.2 Å². The van der Waals surface area contributed by atoms with Gasteiger partial charge in [0.25, 0.3) is 5.91 Å². The minimum Gasteiger partial charge on any atom is -0.350 e. The van der Waals surface area contributed by atoms with E-state index in [0.717, 1.165) is 18.2 Å². The Hall–Kier alpha value is -2.18. The van der Waals surface area contributed by atoms with E-state index in [0.29, 0.717) is 6.54 Å². The summed E-state index contributed by atoms with van der Waals surface area (Å²) in [6, 6.07) is 14.6. The first kappa shape index (κ1) is 20.1. The number of likely N-dealkylation sites (N-methyl/N-ethyl adjacent to an activating group) is 1. The molecule has 2 aromatic carbocycles. The largest absolute Gasteiger partial charge is 0.350 e. The highest BCUT2D eigenvalue weighted by Gasteiger charge is 2.20. The number of hydrogen-bond acceptors (Lipinski definition) is 4. The van der Waals surface area contributed by atoms with Crippen LogP contribution in [0.1, 0.15) is 34.5 Å². The molecule has 0 saturated heterocycles. The first-order chi connectivity index (χ1) is 12.2. The summed E-state index contributed by atoms with van der Waals surface area (Å²) in [5, 5.41) is 2.87. The van der Waals surface area contributed by atoms with Crippen LogP contribution >= 0.6 is 0 Å². The van der Waals surface area contributed by atoms with E-state index in [1.165, 1.54) is 17.7 Å². The van der Waals surface area contributed by atoms with Crippen molar-refractivity contribution in [3.63, 3.8) is 0 Å². The van der Waals surface area contributed by atoms with Gasteiger partial charge in [-0.25, -0.2) is 8.42 Å². The molecule has 0 aromatic heterocycles. The van der Waals surface area contributed by atoms with Gasteiger partial charge in [0.15, 0.2) is 9.84 Å². The topological polar surface area (TPSA) is 66.5 Å². The Morgan fingerprint density at radius 3 is 2.23 bits per heavy atom. The third kappa shape index (κ3) is 4.93. The molecule has 1 N–H and O–H groups in total. The lowest BCUT2D eigenvalue weighted by Gasteiger charge is -2.25. The SMILES string of the molecule is CCc1ccc(C(CNC(=O)c2ccccc2S(C)(=O)=O)N(C)C)cc1. The number of nitrogens with zero attached hydrogens (tertiary/aromatic N) is 1. The predicted molar refractivity (Wildman–Crippen MR) is 104 cm³/mol. The van der Waals surface area contributed by atoms with Gasteiger partial charge >= 0.3 is 0 Å². The molecule has 0 spiro atoms. The zero-order valence-corrected chi connectivity index (χ0v) is 16.5. The Kier molecular flexibility index (Phi) is 6.56. The van der Waals surface area contributed by atoms with Crippen LogP contribution in [0.4, 0.5) is 0 Å². The van der Waals surface area contributed by atoms with Crippen molar-refractivity contribution in [3.05, 3.63) is 65.2 Å². The zero-order chi connectivity index (χ0) is 19.3. The van der Waals surface area contributed by atoms with Gasteiger partial charge < -0.3 is 10.2 Å². The van der Waals surface area contributed by atoms with Crippen LogP contribution in [0.5, 0.6) is 0 Å². The predicted octanol–water partition coefficient (Wildman–Crippen LogP) is 2.69. The molecule has 0 heterocycles. The quantitative estimate of drug-likeness (QED) is 0.809. The van der Waals surface area contributed by atoms with Gasteiger partial charge in [0.05, 0.1) is 16.5 Å². The zero-order valence-electron chi connectivity index (χ0n) is 15.7. The summed E-state index contributed by atoms with van der Waals surface area (Å²) in [5.41, 5.74) is 2.54. The summed E-state index contributed by atoms with van der Waals surface area (Å²) in [7, 11) is 0.442. The molecule has 5 nitrogen and oxygen atoms in total. The number of carbonyl (C=O) groups is 1. The lowest BCUT2D eigenvalue weighted by atomic mass is 10.0. The molecule has 6 heteroatoms. The minimum absolute atomic E-state index is 0.00440. The normalized spacial score (nSPS) is 12.8. The Morgan fingerprint density at radius 2 is 1.69 bits per heavy atom. The second-order valence-electron chi connectivity index (χ2n) is 6.55. The summed E-state index contributed by atoms with van der Waals surface area (Å²) >= 11 is 0. The van der Waals surface area contributed by atoms with E-state index in [-0.39, 0.29) is 22.4 Å². The number of amides is 1. The van der Waals surface area contributed by atoms with Gasteiger partial charge in [-0.1, -0.05) is 43.3 Å². The summed E-state index contributed by atoms with van der Waals surface area (Å²) in [6.45, 7) is 2.49. The molecule has 1 unspecified atom stereocenters. The molecule has 26 heavy (non-hydrogen) atoms. The Bertz CT molecular complexity index is 859. The van der Waals surface area contributed by atoms with Crippen LogP contribution in [0.15, 0.2) is 53.4 Å². The van der Waals surface area contributed by atoms with E-state index in [2.05, 4.69) is 36.5 Å². The van der Waals surface area contributed by atoms with Crippen LogP contribution < -0.4 is 5.32 Å². The molecule has 0 aliphatic heterocycles. The maximum Gasteiger partial charge on any atom is 0.252 e. The lowest BCUT2D eigenvalue weighted by molar-refractivity contribution is 0.0938. The monoisotopic (exact) mass is 374 g/mol. The molecular weight excluding hydrogens is 348 g/mol. The maximum absolute atomic E-state index is 12.6. The molecule has 0 aliphatic carbocycles. The number of carbonyl (C=O) groups excluding carboxylic acids is 1. The van der Waals surface area contributed by atoms with Crippen molar-refractivity contribution in [1.29, 1.82) is 0 Å². The molecule has 0 aliphatic rings. The first-order valence-electron chi connectivity index (χ1n) is 8.56. The molecule has 0 fully saturated rings. The van der Waals surface area contributed by atoms with E-state index in [1.807, 2.05) is 19.0 Å². The van der Waals surface area contributed by atoms with Gasteiger partial charge in [-0.3, -0.25) is 4.79 Å². The van der Waals surface area contributed by atoms with Gasteiger partial charge in [0.1, 0.15) is 0 Å². The van der Waals surface area contributed by atoms with Crippen LogP contribution in [-0.4, -0.2) is 46.1 Å². The van der Waals surface area contributed by atoms with Crippen LogP contribution in [0.3, 0.4) is 0 Å². The standard InChI is InChI=1S/C20H26N2O3S/c1-5-15-10-12-16(13-11-15)18(22(2)3)14-21-20(23)17-8-6-7-9-19(17)26(4,24)25/h6-13,18H,5,14H2,1-4H3,(H,21,23). The Morgan fingerprint density at radius 1 is 1.08 bits per heavy atom. The van der Waals surface area contributed by atoms with Crippen LogP contribution in [0.2, 0.25) is 0 Å². The average molecular weight is 375 g/mol. The van der Waals surface area contributed by atoms with E-state index < -0.39 is 9.84 Å². The summed E-state index contributed by atoms with van der Waals surface area (Å²) in [4.78, 5) is 14.7. The van der Waals surface area contributed by atoms with Crippen molar-refractivity contribution >= 4 is 15.7 Å². The number of sulfone groups is 1. The van der Waals surface area contributed by atoms with Crippen molar-refractivity contribution < 1.29 is 13.2 Å². The van der Waals surface area contributed by atoms with E-state index in [1.54, 1.807) is 12.1 Å². The smallest absolute Gasteiger partial charge is 0.252 e. The van der Waals surface area contributed by atoms with Crippen molar-refractivity contribution in [2.45, 2.75) is 24.3 Å². The van der Waals surface area contributed by atoms with Crippen LogP contribution in [0, 0.1) is 0 Å². The van der Waals surface area contributed by atoms with Crippen molar-refractivity contribution in [3.8, 4) is 0 Å². The summed E-state index contributed by atoms with van der Waals surface area (Å²) < 4.78 is 23.8. The first-order valence-corrected chi connectivity index (χ1v) is 10.5. The third-order valence-electron chi connectivity index (χ3n) is 4.38. The number of hydrogen-bond donors (Lipinski definition) is 1. The fourth-order valence-electron chi connectivity index (χ4n) is 2.84. The van der Waals surface area contributed by atoms with Crippen molar-refractivity contribution in [2.24, 2.45) is 0 Å². The Labute approximate surface area is 156 Å². The molecule has 2 rings (SSSR count). The Balaban J connectivity index is 2.18. The number of nitrogens with one attached hydrogen (secondary N) is 1. The summed E-state index contributed by atoms with van der Waals surface area (Å²) in [5.74, 6) is -0.386. The van der Waals surface area contributed by atoms with Crippen LogP contribution in [-0.2, 0) is 16.3 Å². The molecule has 0 radical (unpaired) electrons. The van der Waals surface area contributed by atoms with Gasteiger partial charge in [0, 0.05) is 12.8 Å². The molecule has 1 atom stereocenters. The molecule has 0 bridgehead atoms. The number of benzene rings is 2. The fraction of sp³-hybridized carbons (Fsp3) is 0.350. The molecule has 2 aromatic rings. The highest BCUT2D eigenvalue weighted by atomic mass is 32.2. The highest BCUT2D eigenvalue weighted by Crippen LogP contribution is 2.19. The van der Waals surface area contributed by atoms with Crippen LogP contribution in [0.25, 0.3) is 0 Å². The molecule has 0 saturated carbocycles.